The van der Waals surface area contributed by atoms with Crippen molar-refractivity contribution in [2.45, 2.75) is 18.3 Å². The molecule has 15 heavy (non-hydrogen) atoms. The largest absolute Gasteiger partial charge is 0.411 e. The number of nitrogens with one attached hydrogen (secondary N) is 1. The third kappa shape index (κ3) is 3.42. The van der Waals surface area contributed by atoms with Gasteiger partial charge in [-0.1, -0.05) is 5.16 Å². The van der Waals surface area contributed by atoms with Crippen molar-refractivity contribution in [1.29, 1.82) is 0 Å². The van der Waals surface area contributed by atoms with Gasteiger partial charge in [-0.25, -0.2) is 5.84 Å². The van der Waals surface area contributed by atoms with Crippen LogP contribution in [0.4, 0.5) is 0 Å². The van der Waals surface area contributed by atoms with Crippen molar-refractivity contribution >= 4 is 11.6 Å². The Hall–Kier alpha value is -1.26. The Bertz CT molecular complexity index is 245. The molecule has 0 fully saturated rings. The Kier molecular flexibility index (Phi) is 5.74. The number of carbonyl (C=O) groups excluding carboxylic acids is 1. The van der Waals surface area contributed by atoms with E-state index >= 15 is 0 Å². The molecule has 1 amide bonds. The number of aliphatic hydroxyl groups is 4. The SMILES string of the molecule is NNC(=O)[C@@H](O)[C@H](O)[C@@H](O)C(CO)=NO. The monoisotopic (exact) mass is 223 g/mol. The molecular weight excluding hydrogens is 210 g/mol. The topological polar surface area (TPSA) is 169 Å². The van der Waals surface area contributed by atoms with E-state index in [1.807, 2.05) is 0 Å². The summed E-state index contributed by atoms with van der Waals surface area (Å²) in [6.45, 7) is -0.842. The van der Waals surface area contributed by atoms with E-state index < -0.39 is 36.5 Å². The molecular formula is C6H13N3O6. The first kappa shape index (κ1) is 13.7. The van der Waals surface area contributed by atoms with Gasteiger partial charge in [-0.3, -0.25) is 10.2 Å². The predicted octanol–water partition coefficient (Wildman–Crippen LogP) is -4.12. The molecule has 0 aliphatic carbocycles. The van der Waals surface area contributed by atoms with Crippen LogP contribution in [0.3, 0.4) is 0 Å². The molecule has 0 aromatic heterocycles. The fourth-order valence-corrected chi connectivity index (χ4v) is 0.795. The molecule has 0 radical (unpaired) electrons. The first-order chi connectivity index (χ1) is 6.99. The first-order valence-electron chi connectivity index (χ1n) is 3.85. The summed E-state index contributed by atoms with van der Waals surface area (Å²) in [4.78, 5) is 10.7. The predicted molar refractivity (Wildman–Crippen MR) is 46.7 cm³/mol. The molecule has 0 aliphatic rings. The Morgan fingerprint density at radius 1 is 1.33 bits per heavy atom. The molecule has 0 bridgehead atoms. The summed E-state index contributed by atoms with van der Waals surface area (Å²) in [5.74, 6) is 3.54. The van der Waals surface area contributed by atoms with Gasteiger partial charge in [-0.15, -0.1) is 0 Å². The molecule has 0 saturated heterocycles. The van der Waals surface area contributed by atoms with Crippen LogP contribution >= 0.6 is 0 Å². The van der Waals surface area contributed by atoms with E-state index in [-0.39, 0.29) is 0 Å². The number of nitrogens with zero attached hydrogens (tertiary/aromatic N) is 1. The van der Waals surface area contributed by atoms with Crippen molar-refractivity contribution in [3.8, 4) is 0 Å². The van der Waals surface area contributed by atoms with Crippen molar-refractivity contribution in [2.75, 3.05) is 6.61 Å². The van der Waals surface area contributed by atoms with E-state index in [1.54, 1.807) is 5.43 Å². The molecule has 9 nitrogen and oxygen atoms in total. The van der Waals surface area contributed by atoms with Crippen LogP contribution in [0.5, 0.6) is 0 Å². The van der Waals surface area contributed by atoms with Crippen LogP contribution in [0.2, 0.25) is 0 Å². The lowest BCUT2D eigenvalue weighted by atomic mass is 10.0. The summed E-state index contributed by atoms with van der Waals surface area (Å²) in [6, 6.07) is 0. The van der Waals surface area contributed by atoms with E-state index in [4.69, 9.17) is 15.4 Å². The molecule has 9 heteroatoms. The second-order valence-electron chi connectivity index (χ2n) is 2.64. The second-order valence-corrected chi connectivity index (χ2v) is 2.64. The maximum absolute atomic E-state index is 10.7. The number of hydrogen-bond donors (Lipinski definition) is 7. The number of aliphatic hydroxyl groups excluding tert-OH is 4. The zero-order valence-corrected chi connectivity index (χ0v) is 7.61. The minimum atomic E-state index is -2.01. The van der Waals surface area contributed by atoms with E-state index in [9.17, 15) is 15.0 Å². The third-order valence-corrected chi connectivity index (χ3v) is 1.69. The summed E-state index contributed by atoms with van der Waals surface area (Å²) >= 11 is 0. The van der Waals surface area contributed by atoms with Crippen LogP contribution < -0.4 is 11.3 Å². The number of hydrazine groups is 1. The quantitative estimate of drug-likeness (QED) is 0.0816. The molecule has 0 rings (SSSR count). The number of oxime groups is 1. The van der Waals surface area contributed by atoms with Gasteiger partial charge in [0.25, 0.3) is 5.91 Å². The van der Waals surface area contributed by atoms with Crippen molar-refractivity contribution in [2.24, 2.45) is 11.0 Å². The summed E-state index contributed by atoms with van der Waals surface area (Å²) in [6.07, 6.45) is -5.85. The van der Waals surface area contributed by atoms with Gasteiger partial charge < -0.3 is 25.6 Å². The molecule has 0 aromatic carbocycles. The molecule has 0 saturated carbocycles. The van der Waals surface area contributed by atoms with Gasteiger partial charge in [0, 0.05) is 0 Å². The van der Waals surface area contributed by atoms with Gasteiger partial charge in [0.15, 0.2) is 6.10 Å². The van der Waals surface area contributed by atoms with E-state index in [2.05, 4.69) is 11.0 Å². The molecule has 8 N–H and O–H groups in total. The minimum absolute atomic E-state index is 0.591. The molecule has 88 valence electrons. The fraction of sp³-hybridized carbons (Fsp3) is 0.667. The fourth-order valence-electron chi connectivity index (χ4n) is 0.795. The van der Waals surface area contributed by atoms with E-state index in [0.717, 1.165) is 0 Å². The van der Waals surface area contributed by atoms with Crippen LogP contribution in [-0.4, -0.2) is 62.2 Å². The van der Waals surface area contributed by atoms with Crippen LogP contribution in [-0.2, 0) is 4.79 Å². The van der Waals surface area contributed by atoms with Crippen molar-refractivity contribution in [3.05, 3.63) is 0 Å². The number of hydrogen-bond acceptors (Lipinski definition) is 8. The van der Waals surface area contributed by atoms with Gasteiger partial charge in [-0.2, -0.15) is 0 Å². The number of nitrogens with two attached hydrogens (primary N) is 1. The third-order valence-electron chi connectivity index (χ3n) is 1.69. The molecule has 0 spiro atoms. The maximum atomic E-state index is 10.7. The van der Waals surface area contributed by atoms with Crippen molar-refractivity contribution in [3.63, 3.8) is 0 Å². The highest BCUT2D eigenvalue weighted by molar-refractivity contribution is 5.91. The van der Waals surface area contributed by atoms with Gasteiger partial charge in [-0.05, 0) is 0 Å². The first-order valence-corrected chi connectivity index (χ1v) is 3.85. The molecule has 0 unspecified atom stereocenters. The average molecular weight is 223 g/mol. The highest BCUT2D eigenvalue weighted by Gasteiger charge is 2.32. The van der Waals surface area contributed by atoms with Crippen LogP contribution in [0.25, 0.3) is 0 Å². The van der Waals surface area contributed by atoms with Crippen molar-refractivity contribution < 1.29 is 30.4 Å². The van der Waals surface area contributed by atoms with Crippen molar-refractivity contribution in [1.82, 2.24) is 5.43 Å². The Labute approximate surface area is 84.4 Å². The Morgan fingerprint density at radius 2 is 1.87 bits per heavy atom. The minimum Gasteiger partial charge on any atom is -0.411 e. The van der Waals surface area contributed by atoms with Crippen LogP contribution in [0.1, 0.15) is 0 Å². The zero-order valence-electron chi connectivity index (χ0n) is 7.61. The van der Waals surface area contributed by atoms with E-state index in [0.29, 0.717) is 0 Å². The maximum Gasteiger partial charge on any atom is 0.265 e. The van der Waals surface area contributed by atoms with Gasteiger partial charge >= 0.3 is 0 Å². The summed E-state index contributed by atoms with van der Waals surface area (Å²) in [5, 5.41) is 46.8. The highest BCUT2D eigenvalue weighted by Crippen LogP contribution is 2.02. The highest BCUT2D eigenvalue weighted by atomic mass is 16.4. The lowest BCUT2D eigenvalue weighted by molar-refractivity contribution is -0.138. The lowest BCUT2D eigenvalue weighted by Crippen LogP contribution is -2.51. The van der Waals surface area contributed by atoms with Crippen LogP contribution in [0.15, 0.2) is 5.16 Å². The zero-order chi connectivity index (χ0) is 12.0. The van der Waals surface area contributed by atoms with Gasteiger partial charge in [0.2, 0.25) is 0 Å². The number of amides is 1. The van der Waals surface area contributed by atoms with Gasteiger partial charge in [0.1, 0.15) is 17.9 Å². The number of carbonyl (C=O) groups is 1. The molecule has 0 heterocycles. The Morgan fingerprint density at radius 3 is 2.20 bits per heavy atom. The Balaban J connectivity index is 4.56. The summed E-state index contributed by atoms with van der Waals surface area (Å²) in [5.41, 5.74) is 0.959. The smallest absolute Gasteiger partial charge is 0.265 e. The second kappa shape index (κ2) is 6.27. The van der Waals surface area contributed by atoms with Crippen LogP contribution in [0, 0.1) is 0 Å². The molecule has 0 aromatic rings. The summed E-state index contributed by atoms with van der Waals surface area (Å²) in [7, 11) is 0. The van der Waals surface area contributed by atoms with E-state index in [1.165, 1.54) is 0 Å². The molecule has 0 aliphatic heterocycles. The summed E-state index contributed by atoms with van der Waals surface area (Å²) < 4.78 is 0. The number of rotatable bonds is 5. The normalized spacial score (nSPS) is 18.1. The standard InChI is InChI=1S/C6H13N3O6/c7-8-6(14)5(13)4(12)3(11)2(1-10)9-15/h3-5,10-13,15H,1,7H2,(H,8,14)/t3-,4+,5-/m0/s1. The lowest BCUT2D eigenvalue weighted by Gasteiger charge is -2.21. The van der Waals surface area contributed by atoms with Gasteiger partial charge in [0.05, 0.1) is 6.61 Å². The molecule has 3 atom stereocenters. The average Bonchev–Trinajstić information content (AvgIpc) is 2.27.